The summed E-state index contributed by atoms with van der Waals surface area (Å²) in [5, 5.41) is 13.2. The molecule has 1 saturated carbocycles. The van der Waals surface area contributed by atoms with E-state index >= 15 is 0 Å². The highest BCUT2D eigenvalue weighted by Crippen LogP contribution is 2.43. The van der Waals surface area contributed by atoms with Gasteiger partial charge >= 0.3 is 0 Å². The number of halogens is 1. The average molecular weight is 415 g/mol. The molecule has 31 heavy (non-hydrogen) atoms. The molecule has 2 aliphatic rings. The molecule has 1 aliphatic carbocycles. The molecule has 156 valence electrons. The molecule has 0 bridgehead atoms. The van der Waals surface area contributed by atoms with Crippen molar-refractivity contribution in [2.75, 3.05) is 0 Å². The summed E-state index contributed by atoms with van der Waals surface area (Å²) in [5.74, 6) is -1.87. The number of aliphatic hydroxyl groups is 1. The van der Waals surface area contributed by atoms with Gasteiger partial charge < -0.3 is 10.0 Å². The van der Waals surface area contributed by atoms with E-state index < -0.39 is 23.5 Å². The number of ketones is 1. The Morgan fingerprint density at radius 1 is 0.903 bits per heavy atom. The molecule has 5 heteroatoms. The van der Waals surface area contributed by atoms with Gasteiger partial charge in [-0.3, -0.25) is 9.59 Å². The Morgan fingerprint density at radius 3 is 2.29 bits per heavy atom. The molecule has 3 aromatic rings. The van der Waals surface area contributed by atoms with Crippen LogP contribution in [0.25, 0.3) is 16.5 Å². The zero-order valence-electron chi connectivity index (χ0n) is 16.9. The number of nitrogens with zero attached hydrogens (tertiary/aromatic N) is 1. The number of likely N-dealkylation sites (tertiary alicyclic amines) is 1. The van der Waals surface area contributed by atoms with Gasteiger partial charge in [-0.1, -0.05) is 61.4 Å². The Kier molecular flexibility index (Phi) is 4.81. The first-order valence-corrected chi connectivity index (χ1v) is 10.6. The highest BCUT2D eigenvalue weighted by molar-refractivity contribution is 6.46. The van der Waals surface area contributed by atoms with Gasteiger partial charge in [0.2, 0.25) is 0 Å². The van der Waals surface area contributed by atoms with Crippen LogP contribution in [0.1, 0.15) is 42.9 Å². The van der Waals surface area contributed by atoms with Crippen LogP contribution in [0.3, 0.4) is 0 Å². The summed E-state index contributed by atoms with van der Waals surface area (Å²) < 4.78 is 13.6. The number of fused-ring (bicyclic) bond motifs is 1. The predicted molar refractivity (Wildman–Crippen MR) is 117 cm³/mol. The molecule has 0 spiro atoms. The monoisotopic (exact) mass is 415 g/mol. The van der Waals surface area contributed by atoms with Crippen LogP contribution >= 0.6 is 0 Å². The Morgan fingerprint density at radius 2 is 1.58 bits per heavy atom. The van der Waals surface area contributed by atoms with E-state index in [1.54, 1.807) is 23.1 Å². The van der Waals surface area contributed by atoms with E-state index in [0.717, 1.165) is 36.5 Å². The fourth-order valence-corrected chi connectivity index (χ4v) is 4.87. The lowest BCUT2D eigenvalue weighted by molar-refractivity contribution is -0.141. The van der Waals surface area contributed by atoms with Crippen molar-refractivity contribution in [2.24, 2.45) is 0 Å². The molecule has 3 aromatic carbocycles. The van der Waals surface area contributed by atoms with Crippen molar-refractivity contribution in [1.82, 2.24) is 4.90 Å². The van der Waals surface area contributed by atoms with Crippen molar-refractivity contribution < 1.29 is 19.1 Å². The van der Waals surface area contributed by atoms with Crippen LogP contribution in [0, 0.1) is 5.82 Å². The first-order chi connectivity index (χ1) is 15.0. The van der Waals surface area contributed by atoms with Crippen LogP contribution in [0.5, 0.6) is 0 Å². The Labute approximate surface area is 179 Å². The molecule has 1 amide bonds. The summed E-state index contributed by atoms with van der Waals surface area (Å²) in [5.41, 5.74) is 1.17. The quantitative estimate of drug-likeness (QED) is 0.357. The minimum Gasteiger partial charge on any atom is -0.507 e. The van der Waals surface area contributed by atoms with E-state index in [9.17, 15) is 19.1 Å². The van der Waals surface area contributed by atoms with Crippen molar-refractivity contribution in [3.8, 4) is 0 Å². The molecule has 1 aliphatic heterocycles. The van der Waals surface area contributed by atoms with E-state index in [1.807, 2.05) is 36.4 Å². The SMILES string of the molecule is O=C1C(=O)N(C2CCCC2)C(c2ccc(F)cc2)/C1=C(/O)c1ccc2ccccc2c1. The van der Waals surface area contributed by atoms with Gasteiger partial charge in [0.15, 0.2) is 0 Å². The number of aliphatic hydroxyl groups excluding tert-OH is 1. The lowest BCUT2D eigenvalue weighted by atomic mass is 9.94. The third kappa shape index (κ3) is 3.30. The van der Waals surface area contributed by atoms with Gasteiger partial charge in [-0.2, -0.15) is 0 Å². The van der Waals surface area contributed by atoms with E-state index in [2.05, 4.69) is 0 Å². The summed E-state index contributed by atoms with van der Waals surface area (Å²) in [6, 6.07) is 18.2. The number of carbonyl (C=O) groups is 2. The van der Waals surface area contributed by atoms with Gasteiger partial charge in [0.05, 0.1) is 11.6 Å². The van der Waals surface area contributed by atoms with E-state index in [1.165, 1.54) is 12.1 Å². The third-order valence-electron chi connectivity index (χ3n) is 6.41. The lowest BCUT2D eigenvalue weighted by Crippen LogP contribution is -2.37. The first kappa shape index (κ1) is 19.5. The van der Waals surface area contributed by atoms with Crippen molar-refractivity contribution in [3.05, 3.63) is 89.2 Å². The summed E-state index contributed by atoms with van der Waals surface area (Å²) in [6.45, 7) is 0. The van der Waals surface area contributed by atoms with Crippen LogP contribution in [0.2, 0.25) is 0 Å². The Hall–Kier alpha value is -3.47. The Balaban J connectivity index is 1.68. The highest BCUT2D eigenvalue weighted by Gasteiger charge is 2.49. The predicted octanol–water partition coefficient (Wildman–Crippen LogP) is 5.34. The van der Waals surface area contributed by atoms with Crippen LogP contribution < -0.4 is 0 Å². The van der Waals surface area contributed by atoms with Crippen molar-refractivity contribution in [1.29, 1.82) is 0 Å². The second-order valence-electron chi connectivity index (χ2n) is 8.26. The van der Waals surface area contributed by atoms with Crippen LogP contribution in [-0.2, 0) is 9.59 Å². The molecule has 1 atom stereocenters. The van der Waals surface area contributed by atoms with E-state index in [0.29, 0.717) is 11.1 Å². The lowest BCUT2D eigenvalue weighted by Gasteiger charge is -2.30. The fraction of sp³-hybridized carbons (Fsp3) is 0.231. The molecule has 0 aromatic heterocycles. The van der Waals surface area contributed by atoms with Gasteiger partial charge in [-0.15, -0.1) is 0 Å². The van der Waals surface area contributed by atoms with Gasteiger partial charge in [0, 0.05) is 11.6 Å². The number of benzene rings is 3. The van der Waals surface area contributed by atoms with Gasteiger partial charge in [-0.25, -0.2) is 4.39 Å². The average Bonchev–Trinajstić information content (AvgIpc) is 3.40. The number of carbonyl (C=O) groups excluding carboxylic acids is 2. The zero-order valence-corrected chi connectivity index (χ0v) is 16.9. The molecule has 1 unspecified atom stereocenters. The van der Waals surface area contributed by atoms with Crippen LogP contribution in [0.15, 0.2) is 72.3 Å². The first-order valence-electron chi connectivity index (χ1n) is 10.6. The normalized spacial score (nSPS) is 21.3. The fourth-order valence-electron chi connectivity index (χ4n) is 4.87. The molecule has 5 rings (SSSR count). The summed E-state index contributed by atoms with van der Waals surface area (Å²) in [7, 11) is 0. The topological polar surface area (TPSA) is 57.6 Å². The molecule has 4 nitrogen and oxygen atoms in total. The minimum absolute atomic E-state index is 0.0617. The summed E-state index contributed by atoms with van der Waals surface area (Å²) in [6.07, 6.45) is 3.63. The molecule has 2 fully saturated rings. The van der Waals surface area contributed by atoms with Crippen molar-refractivity contribution in [2.45, 2.75) is 37.8 Å². The van der Waals surface area contributed by atoms with Gasteiger partial charge in [0.25, 0.3) is 11.7 Å². The second kappa shape index (κ2) is 7.65. The maximum absolute atomic E-state index is 13.6. The minimum atomic E-state index is -0.727. The van der Waals surface area contributed by atoms with Gasteiger partial charge in [-0.05, 0) is 47.4 Å². The Bertz CT molecular complexity index is 1210. The van der Waals surface area contributed by atoms with Crippen molar-refractivity contribution in [3.63, 3.8) is 0 Å². The molecule has 1 heterocycles. The van der Waals surface area contributed by atoms with E-state index in [4.69, 9.17) is 0 Å². The largest absolute Gasteiger partial charge is 0.507 e. The smallest absolute Gasteiger partial charge is 0.295 e. The summed E-state index contributed by atoms with van der Waals surface area (Å²) >= 11 is 0. The number of amides is 1. The maximum atomic E-state index is 13.6. The zero-order chi connectivity index (χ0) is 21.5. The highest BCUT2D eigenvalue weighted by atomic mass is 19.1. The number of hydrogen-bond donors (Lipinski definition) is 1. The van der Waals surface area contributed by atoms with Crippen molar-refractivity contribution >= 4 is 28.2 Å². The number of hydrogen-bond acceptors (Lipinski definition) is 3. The number of rotatable bonds is 3. The molecular formula is C26H22FNO3. The van der Waals surface area contributed by atoms with Crippen LogP contribution in [0.4, 0.5) is 4.39 Å². The summed E-state index contributed by atoms with van der Waals surface area (Å²) in [4.78, 5) is 27.8. The van der Waals surface area contributed by atoms with Crippen LogP contribution in [-0.4, -0.2) is 27.7 Å². The second-order valence-corrected chi connectivity index (χ2v) is 8.26. The standard InChI is InChI=1S/C26H22FNO3/c27-20-13-11-17(12-14-20)23-22(25(30)26(31)28(23)21-7-3-4-8-21)24(29)19-10-9-16-5-1-2-6-18(16)15-19/h1-2,5-6,9-15,21,23,29H,3-4,7-8H2/b24-22-. The third-order valence-corrected chi connectivity index (χ3v) is 6.41. The molecule has 0 radical (unpaired) electrons. The molecule has 1 saturated heterocycles. The molecular weight excluding hydrogens is 393 g/mol. The maximum Gasteiger partial charge on any atom is 0.295 e. The van der Waals surface area contributed by atoms with E-state index in [-0.39, 0.29) is 17.4 Å². The number of Topliss-reactive ketones (excluding diaryl/α,β-unsaturated/α-hetero) is 1. The molecule has 1 N–H and O–H groups in total. The van der Waals surface area contributed by atoms with Gasteiger partial charge in [0.1, 0.15) is 11.6 Å².